The van der Waals surface area contributed by atoms with Crippen molar-refractivity contribution < 1.29 is 0 Å². The van der Waals surface area contributed by atoms with Gasteiger partial charge in [0.15, 0.2) is 0 Å². The van der Waals surface area contributed by atoms with E-state index in [1.807, 2.05) is 24.3 Å². The van der Waals surface area contributed by atoms with Gasteiger partial charge >= 0.3 is 0 Å². The van der Waals surface area contributed by atoms with Crippen molar-refractivity contribution in [3.05, 3.63) is 64.7 Å². The number of anilines is 1. The van der Waals surface area contributed by atoms with Crippen molar-refractivity contribution in [3.8, 4) is 0 Å². The smallest absolute Gasteiger partial charge is 0.0520 e. The van der Waals surface area contributed by atoms with Crippen LogP contribution in [0, 0.1) is 13.8 Å². The second-order valence-corrected chi connectivity index (χ2v) is 5.05. The zero-order valence-electron chi connectivity index (χ0n) is 11.5. The van der Waals surface area contributed by atoms with Crippen LogP contribution in [0.5, 0.6) is 0 Å². The summed E-state index contributed by atoms with van der Waals surface area (Å²) in [7, 11) is 0. The average Bonchev–Trinajstić information content (AvgIpc) is 2.36. The molecule has 0 aliphatic carbocycles. The van der Waals surface area contributed by atoms with Gasteiger partial charge in [-0.15, -0.1) is 0 Å². The maximum Gasteiger partial charge on any atom is 0.0520 e. The van der Waals surface area contributed by atoms with Gasteiger partial charge in [0.1, 0.15) is 0 Å². The van der Waals surface area contributed by atoms with Gasteiger partial charge in [-0.05, 0) is 37.5 Å². The molecule has 1 unspecified atom stereocenters. The summed E-state index contributed by atoms with van der Waals surface area (Å²) in [6.07, 6.45) is 0.827. The molecule has 0 radical (unpaired) electrons. The van der Waals surface area contributed by atoms with E-state index in [9.17, 15) is 0 Å². The monoisotopic (exact) mass is 255 g/mol. The molecule has 0 fully saturated rings. The number of nitrogen functional groups attached to an aromatic ring is 1. The summed E-state index contributed by atoms with van der Waals surface area (Å²) in [4.78, 5) is 0. The summed E-state index contributed by atoms with van der Waals surface area (Å²) in [5.41, 5.74) is 14.5. The van der Waals surface area contributed by atoms with E-state index >= 15 is 0 Å². The quantitative estimate of drug-likeness (QED) is 0.447. The Balaban J connectivity index is 2.26. The van der Waals surface area contributed by atoms with Crippen molar-refractivity contribution in [2.75, 3.05) is 5.73 Å². The van der Waals surface area contributed by atoms with Gasteiger partial charge in [-0.2, -0.15) is 0 Å². The first kappa shape index (κ1) is 13.6. The minimum Gasteiger partial charge on any atom is -0.398 e. The first-order valence-electron chi connectivity index (χ1n) is 6.48. The fourth-order valence-corrected chi connectivity index (χ4v) is 2.51. The number of hydrogen-bond acceptors (Lipinski definition) is 3. The van der Waals surface area contributed by atoms with Gasteiger partial charge in [-0.3, -0.25) is 11.3 Å². The molecule has 2 aromatic rings. The molecule has 0 aromatic heterocycles. The highest BCUT2D eigenvalue weighted by molar-refractivity contribution is 5.48. The van der Waals surface area contributed by atoms with Gasteiger partial charge < -0.3 is 5.73 Å². The minimum absolute atomic E-state index is 0.0300. The molecule has 0 aliphatic rings. The van der Waals surface area contributed by atoms with Crippen molar-refractivity contribution in [2.45, 2.75) is 26.3 Å². The van der Waals surface area contributed by atoms with Gasteiger partial charge in [-0.25, -0.2) is 0 Å². The molecule has 0 heterocycles. The summed E-state index contributed by atoms with van der Waals surface area (Å²) >= 11 is 0. The molecule has 1 atom stereocenters. The summed E-state index contributed by atoms with van der Waals surface area (Å²) < 4.78 is 0. The third-order valence-corrected chi connectivity index (χ3v) is 3.29. The lowest BCUT2D eigenvalue weighted by Crippen LogP contribution is -2.30. The Morgan fingerprint density at radius 3 is 2.26 bits per heavy atom. The predicted molar refractivity (Wildman–Crippen MR) is 80.5 cm³/mol. The molecular weight excluding hydrogens is 234 g/mol. The Labute approximate surface area is 114 Å². The van der Waals surface area contributed by atoms with E-state index in [2.05, 4.69) is 37.5 Å². The second kappa shape index (κ2) is 5.87. The Hall–Kier alpha value is -1.84. The van der Waals surface area contributed by atoms with Crippen LogP contribution in [0.1, 0.15) is 28.3 Å². The van der Waals surface area contributed by atoms with Gasteiger partial charge in [0, 0.05) is 5.69 Å². The molecule has 0 saturated carbocycles. The van der Waals surface area contributed by atoms with Crippen LogP contribution in [0.4, 0.5) is 5.69 Å². The van der Waals surface area contributed by atoms with E-state index in [1.165, 1.54) is 16.7 Å². The Morgan fingerprint density at radius 2 is 1.68 bits per heavy atom. The zero-order valence-corrected chi connectivity index (χ0v) is 11.5. The van der Waals surface area contributed by atoms with E-state index < -0.39 is 0 Å². The minimum atomic E-state index is 0.0300. The molecule has 2 aromatic carbocycles. The molecule has 100 valence electrons. The fourth-order valence-electron chi connectivity index (χ4n) is 2.51. The lowest BCUT2D eigenvalue weighted by atomic mass is 9.96. The van der Waals surface area contributed by atoms with Crippen LogP contribution in [-0.2, 0) is 6.42 Å². The van der Waals surface area contributed by atoms with Gasteiger partial charge in [-0.1, -0.05) is 47.5 Å². The summed E-state index contributed by atoms with van der Waals surface area (Å²) in [5, 5.41) is 0. The molecule has 2 rings (SSSR count). The summed E-state index contributed by atoms with van der Waals surface area (Å²) in [6, 6.07) is 14.4. The van der Waals surface area contributed by atoms with Crippen LogP contribution in [0.15, 0.2) is 42.5 Å². The van der Waals surface area contributed by atoms with E-state index in [0.29, 0.717) is 0 Å². The van der Waals surface area contributed by atoms with Gasteiger partial charge in [0.05, 0.1) is 6.04 Å². The van der Waals surface area contributed by atoms with Crippen molar-refractivity contribution >= 4 is 5.69 Å². The number of rotatable bonds is 4. The second-order valence-electron chi connectivity index (χ2n) is 5.05. The number of nitrogens with two attached hydrogens (primary N) is 2. The standard InChI is InChI=1S/C16H21N3/c1-11-7-12(2)9-13(8-11)10-16(19-18)14-5-3-4-6-15(14)17/h3-9,16,19H,10,17-18H2,1-2H3. The maximum atomic E-state index is 6.01. The van der Waals surface area contributed by atoms with Gasteiger partial charge in [0.2, 0.25) is 0 Å². The van der Waals surface area contributed by atoms with E-state index in [1.54, 1.807) is 0 Å². The highest BCUT2D eigenvalue weighted by atomic mass is 15.2. The third-order valence-electron chi connectivity index (χ3n) is 3.29. The molecule has 0 aliphatic heterocycles. The molecule has 0 spiro atoms. The van der Waals surface area contributed by atoms with Crippen LogP contribution in [-0.4, -0.2) is 0 Å². The number of aryl methyl sites for hydroxylation is 2. The number of benzene rings is 2. The summed E-state index contributed by atoms with van der Waals surface area (Å²) in [5.74, 6) is 5.69. The molecule has 5 N–H and O–H groups in total. The lowest BCUT2D eigenvalue weighted by Gasteiger charge is -2.19. The van der Waals surface area contributed by atoms with E-state index in [4.69, 9.17) is 11.6 Å². The highest BCUT2D eigenvalue weighted by Gasteiger charge is 2.13. The average molecular weight is 255 g/mol. The lowest BCUT2D eigenvalue weighted by molar-refractivity contribution is 0.553. The van der Waals surface area contributed by atoms with E-state index in [0.717, 1.165) is 17.7 Å². The number of hydrogen-bond donors (Lipinski definition) is 3. The van der Waals surface area contributed by atoms with Crippen molar-refractivity contribution in [1.29, 1.82) is 0 Å². The predicted octanol–water partition coefficient (Wildman–Crippen LogP) is 2.63. The summed E-state index contributed by atoms with van der Waals surface area (Å²) in [6.45, 7) is 4.22. The molecule has 0 bridgehead atoms. The number of hydrazine groups is 1. The van der Waals surface area contributed by atoms with Crippen molar-refractivity contribution in [2.24, 2.45) is 5.84 Å². The first-order chi connectivity index (χ1) is 9.10. The Bertz CT molecular complexity index is 543. The van der Waals surface area contributed by atoms with Crippen LogP contribution < -0.4 is 17.0 Å². The van der Waals surface area contributed by atoms with Crippen LogP contribution in [0.3, 0.4) is 0 Å². The number of nitrogens with one attached hydrogen (secondary N) is 1. The van der Waals surface area contributed by atoms with Crippen LogP contribution >= 0.6 is 0 Å². The Morgan fingerprint density at radius 1 is 1.05 bits per heavy atom. The zero-order chi connectivity index (χ0) is 13.8. The molecule has 0 amide bonds. The fraction of sp³-hybridized carbons (Fsp3) is 0.250. The third kappa shape index (κ3) is 3.34. The Kier molecular flexibility index (Phi) is 4.20. The normalized spacial score (nSPS) is 12.4. The van der Waals surface area contributed by atoms with Crippen molar-refractivity contribution in [3.63, 3.8) is 0 Å². The van der Waals surface area contributed by atoms with E-state index in [-0.39, 0.29) is 6.04 Å². The molecule has 19 heavy (non-hydrogen) atoms. The highest BCUT2D eigenvalue weighted by Crippen LogP contribution is 2.23. The topological polar surface area (TPSA) is 64.1 Å². The number of para-hydroxylation sites is 1. The first-order valence-corrected chi connectivity index (χ1v) is 6.48. The van der Waals surface area contributed by atoms with Crippen LogP contribution in [0.2, 0.25) is 0 Å². The van der Waals surface area contributed by atoms with Gasteiger partial charge in [0.25, 0.3) is 0 Å². The maximum absolute atomic E-state index is 6.01. The largest absolute Gasteiger partial charge is 0.398 e. The van der Waals surface area contributed by atoms with Crippen LogP contribution in [0.25, 0.3) is 0 Å². The molecule has 0 saturated heterocycles. The molecule has 3 heteroatoms. The SMILES string of the molecule is Cc1cc(C)cc(CC(NN)c2ccccc2N)c1. The van der Waals surface area contributed by atoms with Crippen molar-refractivity contribution in [1.82, 2.24) is 5.43 Å². The molecule has 3 nitrogen and oxygen atoms in total. The molecular formula is C16H21N3.